The quantitative estimate of drug-likeness (QED) is 0.622. The average molecular weight is 415 g/mol. The van der Waals surface area contributed by atoms with Crippen LogP contribution in [0.2, 0.25) is 0 Å². The molecule has 1 fully saturated rings. The first-order chi connectivity index (χ1) is 14.6. The number of pyridine rings is 1. The van der Waals surface area contributed by atoms with Gasteiger partial charge in [-0.3, -0.25) is 9.78 Å². The third-order valence-corrected chi connectivity index (χ3v) is 5.53. The molecule has 2 atom stereocenters. The van der Waals surface area contributed by atoms with Crippen LogP contribution in [0.4, 0.5) is 14.7 Å². The van der Waals surface area contributed by atoms with Gasteiger partial charge >= 0.3 is 0 Å². The summed E-state index contributed by atoms with van der Waals surface area (Å²) in [6.45, 7) is 1.04. The lowest BCUT2D eigenvalue weighted by atomic mass is 9.93. The molecule has 1 amide bonds. The first kappa shape index (κ1) is 18.6. The lowest BCUT2D eigenvalue weighted by molar-refractivity contribution is -0.139. The van der Waals surface area contributed by atoms with Crippen molar-refractivity contribution < 1.29 is 18.3 Å². The smallest absolute Gasteiger partial charge is 0.229 e. The molecule has 5 rings (SSSR count). The summed E-state index contributed by atoms with van der Waals surface area (Å²) in [5, 5.41) is 4.14. The Morgan fingerprint density at radius 1 is 1.23 bits per heavy atom. The lowest BCUT2D eigenvalue weighted by Crippen LogP contribution is -2.49. The van der Waals surface area contributed by atoms with E-state index < -0.39 is 17.9 Å². The van der Waals surface area contributed by atoms with Crippen LogP contribution in [0.5, 0.6) is 5.75 Å². The molecular formula is C19H19F2N7O2. The van der Waals surface area contributed by atoms with Gasteiger partial charge in [0.1, 0.15) is 19.1 Å². The van der Waals surface area contributed by atoms with Crippen molar-refractivity contribution in [2.45, 2.75) is 19.1 Å². The normalized spacial score (nSPS) is 21.8. The van der Waals surface area contributed by atoms with Crippen LogP contribution in [-0.4, -0.2) is 67.8 Å². The molecular weight excluding hydrogens is 396 g/mol. The highest BCUT2D eigenvalue weighted by Gasteiger charge is 2.38. The van der Waals surface area contributed by atoms with Crippen molar-refractivity contribution in [3.05, 3.63) is 42.4 Å². The van der Waals surface area contributed by atoms with Crippen LogP contribution in [0.15, 0.2) is 31.0 Å². The van der Waals surface area contributed by atoms with Gasteiger partial charge in [-0.2, -0.15) is 9.61 Å². The molecule has 0 aliphatic carbocycles. The van der Waals surface area contributed by atoms with E-state index in [2.05, 4.69) is 20.1 Å². The minimum absolute atomic E-state index is 0.0273. The van der Waals surface area contributed by atoms with Gasteiger partial charge in [0.2, 0.25) is 11.9 Å². The van der Waals surface area contributed by atoms with Gasteiger partial charge in [-0.15, -0.1) is 0 Å². The van der Waals surface area contributed by atoms with Crippen LogP contribution >= 0.6 is 0 Å². The summed E-state index contributed by atoms with van der Waals surface area (Å²) in [5.74, 6) is -1.03. The van der Waals surface area contributed by atoms with Gasteiger partial charge in [0, 0.05) is 30.6 Å². The summed E-state index contributed by atoms with van der Waals surface area (Å²) in [6, 6.07) is 1.72. The van der Waals surface area contributed by atoms with Crippen molar-refractivity contribution in [3.8, 4) is 5.75 Å². The van der Waals surface area contributed by atoms with E-state index in [1.807, 2.05) is 0 Å². The fourth-order valence-electron chi connectivity index (χ4n) is 4.03. The van der Waals surface area contributed by atoms with Crippen LogP contribution in [0, 0.1) is 11.7 Å². The number of amides is 1. The highest BCUT2D eigenvalue weighted by molar-refractivity contribution is 5.80. The Labute approximate surface area is 170 Å². The first-order valence-corrected chi connectivity index (χ1v) is 9.69. The molecule has 5 heterocycles. The number of carbonyl (C=O) groups is 1. The topological polar surface area (TPSA) is 88.8 Å². The van der Waals surface area contributed by atoms with Crippen molar-refractivity contribution in [2.24, 2.45) is 5.92 Å². The third-order valence-electron chi connectivity index (χ3n) is 5.53. The minimum atomic E-state index is -1.37. The number of halogens is 2. The highest BCUT2D eigenvalue weighted by Crippen LogP contribution is 2.29. The van der Waals surface area contributed by atoms with Gasteiger partial charge in [-0.1, -0.05) is 0 Å². The maximum absolute atomic E-state index is 15.1. The molecule has 0 N–H and O–H groups in total. The van der Waals surface area contributed by atoms with Crippen molar-refractivity contribution in [3.63, 3.8) is 0 Å². The van der Waals surface area contributed by atoms with E-state index in [4.69, 9.17) is 4.74 Å². The maximum atomic E-state index is 15.1. The molecule has 0 spiro atoms. The zero-order valence-electron chi connectivity index (χ0n) is 16.0. The minimum Gasteiger partial charge on any atom is -0.488 e. The Morgan fingerprint density at radius 2 is 2.13 bits per heavy atom. The van der Waals surface area contributed by atoms with Crippen LogP contribution in [0.3, 0.4) is 0 Å². The van der Waals surface area contributed by atoms with Crippen LogP contribution in [0.1, 0.15) is 12.0 Å². The Kier molecular flexibility index (Phi) is 4.64. The van der Waals surface area contributed by atoms with Crippen molar-refractivity contribution in [1.82, 2.24) is 29.5 Å². The largest absolute Gasteiger partial charge is 0.488 e. The molecule has 2 aliphatic rings. The van der Waals surface area contributed by atoms with E-state index in [1.165, 1.54) is 17.4 Å². The predicted octanol–water partition coefficient (Wildman–Crippen LogP) is 1.24. The van der Waals surface area contributed by atoms with Crippen molar-refractivity contribution in [2.75, 3.05) is 31.1 Å². The van der Waals surface area contributed by atoms with Crippen molar-refractivity contribution >= 4 is 17.5 Å². The molecule has 0 unspecified atom stereocenters. The molecule has 11 heteroatoms. The monoisotopic (exact) mass is 415 g/mol. The Bertz CT molecular complexity index is 1090. The van der Waals surface area contributed by atoms with Gasteiger partial charge < -0.3 is 14.5 Å². The molecule has 0 saturated carbocycles. The Hall–Kier alpha value is -3.37. The standard InChI is InChI=1S/C19H19F2N7O2/c20-14-8-22-7-12-9-26(5-6-30-17(12)14)18(29)13-2-4-27(10-15(13)21)19-23-3-1-16-24-11-25-28(16)19/h1,3,7-8,11,13,15H,2,4-6,9-10H2/t13-,15-/m0/s1. The maximum Gasteiger partial charge on any atom is 0.229 e. The number of ether oxygens (including phenoxy) is 1. The zero-order valence-corrected chi connectivity index (χ0v) is 16.0. The van der Waals surface area contributed by atoms with Gasteiger partial charge in [0.15, 0.2) is 17.2 Å². The van der Waals surface area contributed by atoms with Crippen molar-refractivity contribution in [1.29, 1.82) is 0 Å². The van der Waals surface area contributed by atoms with Crippen LogP contribution < -0.4 is 9.64 Å². The second-order valence-corrected chi connectivity index (χ2v) is 7.35. The molecule has 0 radical (unpaired) electrons. The molecule has 156 valence electrons. The Balaban J connectivity index is 1.31. The first-order valence-electron chi connectivity index (χ1n) is 9.69. The van der Waals surface area contributed by atoms with E-state index in [1.54, 1.807) is 21.7 Å². The van der Waals surface area contributed by atoms with Crippen LogP contribution in [-0.2, 0) is 11.3 Å². The summed E-state index contributed by atoms with van der Waals surface area (Å²) >= 11 is 0. The van der Waals surface area contributed by atoms with E-state index >= 15 is 4.39 Å². The number of piperidine rings is 1. The molecule has 3 aromatic heterocycles. The molecule has 30 heavy (non-hydrogen) atoms. The number of fused-ring (bicyclic) bond motifs is 2. The lowest BCUT2D eigenvalue weighted by Gasteiger charge is -2.36. The van der Waals surface area contributed by atoms with Gasteiger partial charge in [0.05, 0.1) is 31.7 Å². The Morgan fingerprint density at radius 3 is 3.00 bits per heavy atom. The zero-order chi connectivity index (χ0) is 20.7. The summed E-state index contributed by atoms with van der Waals surface area (Å²) in [6.07, 6.45) is 4.53. The van der Waals surface area contributed by atoms with E-state index in [-0.39, 0.29) is 37.9 Å². The molecule has 0 aromatic carbocycles. The second kappa shape index (κ2) is 7.47. The highest BCUT2D eigenvalue weighted by atomic mass is 19.1. The summed E-state index contributed by atoms with van der Waals surface area (Å²) in [4.78, 5) is 28.6. The number of aromatic nitrogens is 5. The number of rotatable bonds is 2. The number of carbonyl (C=O) groups excluding carboxylic acids is 1. The fourth-order valence-corrected chi connectivity index (χ4v) is 4.03. The SMILES string of the molecule is O=C([C@H]1CCN(c2nccc3ncnn23)C[C@@H]1F)N1CCOc2c(F)cncc2C1. The summed E-state index contributed by atoms with van der Waals surface area (Å²) in [5.41, 5.74) is 1.11. The van der Waals surface area contributed by atoms with Crippen LogP contribution in [0.25, 0.3) is 5.65 Å². The molecule has 9 nitrogen and oxygen atoms in total. The number of nitrogens with zero attached hydrogens (tertiary/aromatic N) is 7. The second-order valence-electron chi connectivity index (χ2n) is 7.35. The van der Waals surface area contributed by atoms with Gasteiger partial charge in [-0.25, -0.2) is 18.7 Å². The van der Waals surface area contributed by atoms with Gasteiger partial charge in [0.25, 0.3) is 0 Å². The number of hydrogen-bond donors (Lipinski definition) is 0. The molecule has 2 aliphatic heterocycles. The van der Waals surface area contributed by atoms with Gasteiger partial charge in [-0.05, 0) is 6.42 Å². The number of hydrogen-bond acceptors (Lipinski definition) is 7. The number of anilines is 1. The van der Waals surface area contributed by atoms with E-state index in [0.717, 1.165) is 6.20 Å². The molecule has 0 bridgehead atoms. The third kappa shape index (κ3) is 3.19. The van der Waals surface area contributed by atoms with E-state index in [0.29, 0.717) is 30.1 Å². The average Bonchev–Trinajstić information content (AvgIpc) is 3.12. The number of alkyl halides is 1. The predicted molar refractivity (Wildman–Crippen MR) is 101 cm³/mol. The molecule has 3 aromatic rings. The summed E-state index contributed by atoms with van der Waals surface area (Å²) < 4.78 is 36.0. The molecule has 1 saturated heterocycles. The van der Waals surface area contributed by atoms with E-state index in [9.17, 15) is 9.18 Å². The summed E-state index contributed by atoms with van der Waals surface area (Å²) in [7, 11) is 0. The fraction of sp³-hybridized carbons (Fsp3) is 0.421.